The number of rotatable bonds is 5. The Morgan fingerprint density at radius 2 is 1.70 bits per heavy atom. The molecule has 37 heavy (non-hydrogen) atoms. The van der Waals surface area contributed by atoms with Crippen molar-refractivity contribution in [1.29, 1.82) is 0 Å². The lowest BCUT2D eigenvalue weighted by molar-refractivity contribution is 0.0950. The van der Waals surface area contributed by atoms with Crippen LogP contribution in [0.4, 0.5) is 14.6 Å². The molecule has 0 aliphatic heterocycles. The van der Waals surface area contributed by atoms with Gasteiger partial charge in [0.25, 0.3) is 5.91 Å². The smallest absolute Gasteiger partial charge is 0.251 e. The number of hydrogen-bond acceptors (Lipinski definition) is 5. The zero-order valence-corrected chi connectivity index (χ0v) is 20.0. The van der Waals surface area contributed by atoms with Crippen molar-refractivity contribution in [2.45, 2.75) is 13.5 Å². The lowest BCUT2D eigenvalue weighted by atomic mass is 9.97. The SMILES string of the molecule is COc1cc(N)nc(C)c1CNC(=O)c1ccc2c(c1)c1oc2c2ccc(-c3ccc(F)cc3F)cc21. The molecular formula is C29H21F2N3O3. The number of anilines is 1. The maximum Gasteiger partial charge on any atom is 0.251 e. The van der Waals surface area contributed by atoms with Crippen LogP contribution in [0, 0.1) is 18.6 Å². The first kappa shape index (κ1) is 22.7. The molecule has 0 unspecified atom stereocenters. The maximum absolute atomic E-state index is 14.4. The van der Waals surface area contributed by atoms with E-state index in [0.717, 1.165) is 33.2 Å². The average Bonchev–Trinajstić information content (AvgIpc) is 3.44. The van der Waals surface area contributed by atoms with Crippen LogP contribution < -0.4 is 15.8 Å². The average molecular weight is 498 g/mol. The number of fused-ring (bicyclic) bond motifs is 8. The lowest BCUT2D eigenvalue weighted by Gasteiger charge is -2.13. The number of halogens is 2. The number of aromatic nitrogens is 1. The molecule has 3 aromatic carbocycles. The molecule has 3 heterocycles. The number of aryl methyl sites for hydroxylation is 1. The third kappa shape index (κ3) is 3.69. The van der Waals surface area contributed by atoms with Gasteiger partial charge >= 0.3 is 0 Å². The van der Waals surface area contributed by atoms with Gasteiger partial charge in [-0.15, -0.1) is 0 Å². The highest BCUT2D eigenvalue weighted by Crippen LogP contribution is 2.42. The zero-order chi connectivity index (χ0) is 25.8. The summed E-state index contributed by atoms with van der Waals surface area (Å²) in [6, 6.07) is 16.0. The van der Waals surface area contributed by atoms with E-state index in [0.29, 0.717) is 45.1 Å². The van der Waals surface area contributed by atoms with Crippen molar-refractivity contribution in [2.24, 2.45) is 0 Å². The predicted octanol–water partition coefficient (Wildman–Crippen LogP) is 6.35. The summed E-state index contributed by atoms with van der Waals surface area (Å²) in [5.41, 5.74) is 9.89. The predicted molar refractivity (Wildman–Crippen MR) is 139 cm³/mol. The van der Waals surface area contributed by atoms with E-state index in [2.05, 4.69) is 10.3 Å². The first-order valence-electron chi connectivity index (χ1n) is 11.6. The summed E-state index contributed by atoms with van der Waals surface area (Å²) in [6.07, 6.45) is 0. The summed E-state index contributed by atoms with van der Waals surface area (Å²) in [5.74, 6) is -0.628. The molecule has 0 aliphatic carbocycles. The van der Waals surface area contributed by atoms with Gasteiger partial charge in [0.1, 0.15) is 34.4 Å². The van der Waals surface area contributed by atoms with Crippen LogP contribution in [0.1, 0.15) is 21.6 Å². The van der Waals surface area contributed by atoms with Gasteiger partial charge in [0, 0.05) is 62.6 Å². The second kappa shape index (κ2) is 8.44. The highest BCUT2D eigenvalue weighted by Gasteiger charge is 2.20. The van der Waals surface area contributed by atoms with E-state index >= 15 is 0 Å². The van der Waals surface area contributed by atoms with Crippen molar-refractivity contribution in [1.82, 2.24) is 10.3 Å². The van der Waals surface area contributed by atoms with E-state index in [1.165, 1.54) is 19.2 Å². The Kier molecular flexibility index (Phi) is 5.19. The van der Waals surface area contributed by atoms with Crippen LogP contribution >= 0.6 is 0 Å². The third-order valence-corrected chi connectivity index (χ3v) is 6.68. The van der Waals surface area contributed by atoms with Crippen molar-refractivity contribution in [3.05, 3.63) is 89.1 Å². The number of nitrogens with zero attached hydrogens (tertiary/aromatic N) is 1. The van der Waals surface area contributed by atoms with E-state index in [-0.39, 0.29) is 12.5 Å². The number of hydrogen-bond donors (Lipinski definition) is 2. The second-order valence-electron chi connectivity index (χ2n) is 8.90. The molecule has 184 valence electrons. The molecule has 0 aliphatic rings. The number of nitrogens with two attached hydrogens (primary N) is 1. The fourth-order valence-corrected chi connectivity index (χ4v) is 4.87. The minimum atomic E-state index is -0.635. The van der Waals surface area contributed by atoms with Crippen molar-refractivity contribution in [3.8, 4) is 16.9 Å². The van der Waals surface area contributed by atoms with Crippen molar-refractivity contribution >= 4 is 44.4 Å². The van der Waals surface area contributed by atoms with Crippen molar-refractivity contribution in [3.63, 3.8) is 0 Å². The Morgan fingerprint density at radius 3 is 2.46 bits per heavy atom. The van der Waals surface area contributed by atoms with E-state index < -0.39 is 11.6 Å². The Balaban J connectivity index is 1.35. The van der Waals surface area contributed by atoms with Gasteiger partial charge in [-0.05, 0) is 55.0 Å². The number of methoxy groups -OCH3 is 1. The van der Waals surface area contributed by atoms with Crippen molar-refractivity contribution in [2.75, 3.05) is 12.8 Å². The molecule has 0 fully saturated rings. The Labute approximate surface area is 210 Å². The number of pyridine rings is 1. The van der Waals surface area contributed by atoms with Crippen molar-refractivity contribution < 1.29 is 22.7 Å². The molecule has 2 bridgehead atoms. The number of carbonyl (C=O) groups excluding carboxylic acids is 1. The van der Waals surface area contributed by atoms with Gasteiger partial charge in [0.05, 0.1) is 7.11 Å². The molecule has 8 heteroatoms. The summed E-state index contributed by atoms with van der Waals surface area (Å²) in [7, 11) is 1.54. The standard InChI is InChI=1S/C29H21F2N3O3/c1-14-23(25(36-2)12-26(32)34-14)13-33-29(35)16-4-7-20-22(10-16)28-21-9-15(3-6-19(21)27(20)37-28)18-8-5-17(30)11-24(18)31/h3-12H,13H2,1-2H3,(H2,32,34)(H,33,35). The molecule has 3 N–H and O–H groups in total. The van der Waals surface area contributed by atoms with Gasteiger partial charge in [-0.1, -0.05) is 6.07 Å². The molecule has 6 nitrogen and oxygen atoms in total. The van der Waals surface area contributed by atoms with Crippen LogP contribution in [0.2, 0.25) is 0 Å². The number of amides is 1. The fraction of sp³-hybridized carbons (Fsp3) is 0.103. The van der Waals surface area contributed by atoms with E-state index in [9.17, 15) is 13.6 Å². The molecule has 0 saturated heterocycles. The molecule has 6 aromatic rings. The highest BCUT2D eigenvalue weighted by atomic mass is 19.1. The number of nitrogens with one attached hydrogen (secondary N) is 1. The van der Waals surface area contributed by atoms with Gasteiger partial charge in [0.15, 0.2) is 0 Å². The maximum atomic E-state index is 14.4. The minimum Gasteiger partial charge on any atom is -0.496 e. The Hall–Kier alpha value is -4.72. The summed E-state index contributed by atoms with van der Waals surface area (Å²) in [6.45, 7) is 2.03. The number of nitrogen functional groups attached to an aromatic ring is 1. The van der Waals surface area contributed by atoms with Crippen LogP contribution in [0.25, 0.3) is 43.8 Å². The number of benzene rings is 4. The first-order chi connectivity index (χ1) is 17.8. The monoisotopic (exact) mass is 497 g/mol. The van der Waals surface area contributed by atoms with Gasteiger partial charge < -0.3 is 20.2 Å². The minimum absolute atomic E-state index is 0.220. The lowest BCUT2D eigenvalue weighted by Crippen LogP contribution is -2.23. The van der Waals surface area contributed by atoms with Gasteiger partial charge in [-0.25, -0.2) is 13.8 Å². The van der Waals surface area contributed by atoms with Crippen LogP contribution in [-0.2, 0) is 6.54 Å². The molecule has 1 amide bonds. The van der Waals surface area contributed by atoms with Crippen LogP contribution in [0.3, 0.4) is 0 Å². The van der Waals surface area contributed by atoms with E-state index in [1.54, 1.807) is 31.2 Å². The third-order valence-electron chi connectivity index (χ3n) is 6.68. The van der Waals surface area contributed by atoms with Crippen LogP contribution in [0.5, 0.6) is 5.75 Å². The second-order valence-corrected chi connectivity index (χ2v) is 8.90. The Morgan fingerprint density at radius 1 is 0.973 bits per heavy atom. The summed E-state index contributed by atoms with van der Waals surface area (Å²) < 4.78 is 39.3. The molecule has 0 radical (unpaired) electrons. The van der Waals surface area contributed by atoms with Gasteiger partial charge in [0.2, 0.25) is 0 Å². The molecule has 0 atom stereocenters. The van der Waals surface area contributed by atoms with Crippen LogP contribution in [0.15, 0.2) is 65.1 Å². The van der Waals surface area contributed by atoms with E-state index in [4.69, 9.17) is 14.9 Å². The summed E-state index contributed by atoms with van der Waals surface area (Å²) >= 11 is 0. The summed E-state index contributed by atoms with van der Waals surface area (Å²) in [5, 5.41) is 6.29. The fourth-order valence-electron chi connectivity index (χ4n) is 4.87. The molecule has 0 saturated carbocycles. The van der Waals surface area contributed by atoms with Gasteiger partial charge in [-0.3, -0.25) is 4.79 Å². The quantitative estimate of drug-likeness (QED) is 0.271. The topological polar surface area (TPSA) is 90.4 Å². The molecule has 6 rings (SSSR count). The molecule has 0 spiro atoms. The normalized spacial score (nSPS) is 11.6. The number of ether oxygens (including phenoxy) is 1. The number of carbonyl (C=O) groups is 1. The van der Waals surface area contributed by atoms with E-state index in [1.807, 2.05) is 18.2 Å². The largest absolute Gasteiger partial charge is 0.496 e. The highest BCUT2D eigenvalue weighted by molar-refractivity contribution is 6.26. The summed E-state index contributed by atoms with van der Waals surface area (Å²) in [4.78, 5) is 17.3. The number of furan rings is 2. The zero-order valence-electron chi connectivity index (χ0n) is 20.0. The van der Waals surface area contributed by atoms with Crippen LogP contribution in [-0.4, -0.2) is 18.0 Å². The molecule has 3 aromatic heterocycles. The Bertz CT molecular complexity index is 1840. The molecular weight excluding hydrogens is 476 g/mol. The first-order valence-corrected chi connectivity index (χ1v) is 11.6. The van der Waals surface area contributed by atoms with Gasteiger partial charge in [-0.2, -0.15) is 0 Å².